The van der Waals surface area contributed by atoms with Gasteiger partial charge in [-0.1, -0.05) is 26.5 Å². The summed E-state index contributed by atoms with van der Waals surface area (Å²) in [7, 11) is 1.76. The van der Waals surface area contributed by atoms with Crippen molar-refractivity contribution in [2.75, 3.05) is 7.05 Å². The quantitative estimate of drug-likeness (QED) is 0.613. The van der Waals surface area contributed by atoms with Crippen molar-refractivity contribution < 1.29 is 0 Å². The second kappa shape index (κ2) is 7.92. The van der Waals surface area contributed by atoms with Gasteiger partial charge in [0.25, 0.3) is 0 Å². The van der Waals surface area contributed by atoms with E-state index >= 15 is 0 Å². The Morgan fingerprint density at radius 3 is 2.40 bits per heavy atom. The fraction of sp³-hybridized carbons (Fsp3) is 0.385. The summed E-state index contributed by atoms with van der Waals surface area (Å²) in [4.78, 5) is 8.21. The molecule has 0 spiro atoms. The molecule has 0 aliphatic heterocycles. The summed E-state index contributed by atoms with van der Waals surface area (Å²) in [6.45, 7) is 9.87. The van der Waals surface area contributed by atoms with Crippen LogP contribution in [0.4, 0.5) is 0 Å². The number of nitrogens with zero attached hydrogens (tertiary/aromatic N) is 2. The van der Waals surface area contributed by atoms with E-state index in [1.165, 1.54) is 5.57 Å². The summed E-state index contributed by atoms with van der Waals surface area (Å²) in [5.41, 5.74) is 2.11. The minimum absolute atomic E-state index is 0.415. The minimum Gasteiger partial charge on any atom is -0.297 e. The zero-order chi connectivity index (χ0) is 11.7. The van der Waals surface area contributed by atoms with Crippen molar-refractivity contribution >= 4 is 11.9 Å². The molecule has 0 rings (SSSR count). The van der Waals surface area contributed by atoms with E-state index < -0.39 is 0 Å². The zero-order valence-corrected chi connectivity index (χ0v) is 10.1. The van der Waals surface area contributed by atoms with Crippen LogP contribution in [-0.4, -0.2) is 19.0 Å². The lowest BCUT2D eigenvalue weighted by molar-refractivity contribution is 0.805. The molecule has 0 aliphatic carbocycles. The molecular formula is C13H20N2. The van der Waals surface area contributed by atoms with Crippen molar-refractivity contribution in [2.45, 2.75) is 20.8 Å². The third-order valence-electron chi connectivity index (χ3n) is 1.88. The lowest BCUT2D eigenvalue weighted by Gasteiger charge is -2.10. The Morgan fingerprint density at radius 2 is 2.00 bits per heavy atom. The van der Waals surface area contributed by atoms with Crippen molar-refractivity contribution in [3.05, 3.63) is 36.6 Å². The van der Waals surface area contributed by atoms with Gasteiger partial charge in [0.15, 0.2) is 0 Å². The van der Waals surface area contributed by atoms with E-state index in [0.29, 0.717) is 5.92 Å². The SMILES string of the molecule is C=C/N=C(\C=C/C)C(=C\C=N/C)/C(C)C. The van der Waals surface area contributed by atoms with E-state index in [4.69, 9.17) is 0 Å². The molecule has 0 N–H and O–H groups in total. The summed E-state index contributed by atoms with van der Waals surface area (Å²) >= 11 is 0. The number of hydrogen-bond acceptors (Lipinski definition) is 2. The molecule has 15 heavy (non-hydrogen) atoms. The third kappa shape index (κ3) is 5.11. The number of rotatable bonds is 5. The van der Waals surface area contributed by atoms with Gasteiger partial charge < -0.3 is 0 Å². The van der Waals surface area contributed by atoms with Gasteiger partial charge in [0.05, 0.1) is 5.71 Å². The summed E-state index contributed by atoms with van der Waals surface area (Å²) in [6, 6.07) is 0. The molecule has 2 nitrogen and oxygen atoms in total. The van der Waals surface area contributed by atoms with Crippen molar-refractivity contribution in [1.29, 1.82) is 0 Å². The molecule has 0 aromatic carbocycles. The Hall–Kier alpha value is -1.44. The van der Waals surface area contributed by atoms with Crippen molar-refractivity contribution in [3.8, 4) is 0 Å². The van der Waals surface area contributed by atoms with Crippen LogP contribution >= 0.6 is 0 Å². The maximum atomic E-state index is 4.25. The normalized spacial score (nSPS) is 14.5. The Labute approximate surface area is 92.8 Å². The molecule has 0 aromatic heterocycles. The molecule has 0 fully saturated rings. The maximum absolute atomic E-state index is 4.25. The molecule has 2 heteroatoms. The van der Waals surface area contributed by atoms with Crippen molar-refractivity contribution in [3.63, 3.8) is 0 Å². The van der Waals surface area contributed by atoms with Crippen LogP contribution in [0.25, 0.3) is 0 Å². The maximum Gasteiger partial charge on any atom is 0.0661 e. The van der Waals surface area contributed by atoms with Gasteiger partial charge in [0.1, 0.15) is 0 Å². The highest BCUT2D eigenvalue weighted by molar-refractivity contribution is 6.10. The van der Waals surface area contributed by atoms with Gasteiger partial charge in [-0.25, -0.2) is 0 Å². The van der Waals surface area contributed by atoms with Crippen LogP contribution in [-0.2, 0) is 0 Å². The highest BCUT2D eigenvalue weighted by Crippen LogP contribution is 2.12. The lowest BCUT2D eigenvalue weighted by Crippen LogP contribution is -2.06. The Kier molecular flexibility index (Phi) is 7.16. The molecule has 0 heterocycles. The molecule has 82 valence electrons. The fourth-order valence-electron chi connectivity index (χ4n) is 1.20. The topological polar surface area (TPSA) is 24.7 Å². The monoisotopic (exact) mass is 204 g/mol. The Morgan fingerprint density at radius 1 is 1.33 bits per heavy atom. The highest BCUT2D eigenvalue weighted by atomic mass is 14.7. The molecule has 0 bridgehead atoms. The van der Waals surface area contributed by atoms with E-state index in [0.717, 1.165) is 5.71 Å². The van der Waals surface area contributed by atoms with Gasteiger partial charge in [-0.15, -0.1) is 0 Å². The molecule has 0 radical (unpaired) electrons. The fourth-order valence-corrected chi connectivity index (χ4v) is 1.20. The van der Waals surface area contributed by atoms with Gasteiger partial charge >= 0.3 is 0 Å². The first kappa shape index (κ1) is 13.6. The summed E-state index contributed by atoms with van der Waals surface area (Å²) in [6.07, 6.45) is 9.30. The number of allylic oxidation sites excluding steroid dienone is 4. The van der Waals surface area contributed by atoms with E-state index in [-0.39, 0.29) is 0 Å². The predicted molar refractivity (Wildman–Crippen MR) is 69.8 cm³/mol. The van der Waals surface area contributed by atoms with Crippen molar-refractivity contribution in [2.24, 2.45) is 15.9 Å². The zero-order valence-electron chi connectivity index (χ0n) is 10.1. The smallest absolute Gasteiger partial charge is 0.0661 e. The third-order valence-corrected chi connectivity index (χ3v) is 1.88. The molecule has 0 unspecified atom stereocenters. The van der Waals surface area contributed by atoms with Crippen LogP contribution in [0.15, 0.2) is 46.6 Å². The second-order valence-electron chi connectivity index (χ2n) is 3.38. The molecule has 0 saturated heterocycles. The van der Waals surface area contributed by atoms with Crippen molar-refractivity contribution in [1.82, 2.24) is 0 Å². The van der Waals surface area contributed by atoms with Gasteiger partial charge in [-0.2, -0.15) is 0 Å². The van der Waals surface area contributed by atoms with Gasteiger partial charge in [0.2, 0.25) is 0 Å². The minimum atomic E-state index is 0.415. The van der Waals surface area contributed by atoms with Gasteiger partial charge in [0, 0.05) is 19.5 Å². The molecule has 0 saturated carbocycles. The predicted octanol–water partition coefficient (Wildman–Crippen LogP) is 3.43. The average molecular weight is 204 g/mol. The first-order chi connectivity index (χ1) is 7.17. The Bertz CT molecular complexity index is 304. The first-order valence-corrected chi connectivity index (χ1v) is 5.11. The van der Waals surface area contributed by atoms with Gasteiger partial charge in [-0.3, -0.25) is 9.98 Å². The summed E-state index contributed by atoms with van der Waals surface area (Å²) in [5.74, 6) is 0.415. The lowest BCUT2D eigenvalue weighted by atomic mass is 9.97. The molecule has 0 aliphatic rings. The molecular weight excluding hydrogens is 184 g/mol. The molecule has 0 aromatic rings. The van der Waals surface area contributed by atoms with Crippen LogP contribution in [0.3, 0.4) is 0 Å². The standard InChI is InChI=1S/C13H20N2/c1-6-8-13(15-7-2)12(11(3)4)9-10-14-5/h6-11H,2H2,1,3-5H3/b8-6-,12-9-,14-10-,15-13+. The van der Waals surface area contributed by atoms with Crippen LogP contribution in [0, 0.1) is 5.92 Å². The van der Waals surface area contributed by atoms with Crippen LogP contribution < -0.4 is 0 Å². The van der Waals surface area contributed by atoms with E-state index in [2.05, 4.69) is 30.4 Å². The van der Waals surface area contributed by atoms with Crippen LogP contribution in [0.5, 0.6) is 0 Å². The van der Waals surface area contributed by atoms with E-state index in [1.807, 2.05) is 25.2 Å². The summed E-state index contributed by atoms with van der Waals surface area (Å²) in [5, 5.41) is 0. The second-order valence-corrected chi connectivity index (χ2v) is 3.38. The number of hydrogen-bond donors (Lipinski definition) is 0. The van der Waals surface area contributed by atoms with Crippen LogP contribution in [0.1, 0.15) is 20.8 Å². The number of aliphatic imine (C=N–C) groups is 2. The molecule has 0 amide bonds. The molecule has 0 atom stereocenters. The summed E-state index contributed by atoms with van der Waals surface area (Å²) < 4.78 is 0. The van der Waals surface area contributed by atoms with E-state index in [9.17, 15) is 0 Å². The van der Waals surface area contributed by atoms with Crippen LogP contribution in [0.2, 0.25) is 0 Å². The van der Waals surface area contributed by atoms with Gasteiger partial charge in [-0.05, 0) is 30.6 Å². The largest absolute Gasteiger partial charge is 0.297 e. The highest BCUT2D eigenvalue weighted by Gasteiger charge is 2.06. The van der Waals surface area contributed by atoms with E-state index in [1.54, 1.807) is 19.5 Å². The first-order valence-electron chi connectivity index (χ1n) is 5.11. The Balaban J connectivity index is 5.19. The average Bonchev–Trinajstić information content (AvgIpc) is 2.18.